The van der Waals surface area contributed by atoms with E-state index in [4.69, 9.17) is 5.10 Å². The second-order valence-corrected chi connectivity index (χ2v) is 7.40. The average Bonchev–Trinajstić information content (AvgIpc) is 3.16. The van der Waals surface area contributed by atoms with E-state index in [1.165, 1.54) is 12.1 Å². The highest BCUT2D eigenvalue weighted by atomic mass is 19.1. The molecule has 0 fully saturated rings. The van der Waals surface area contributed by atoms with Gasteiger partial charge in [0.25, 0.3) is 5.56 Å². The maximum atomic E-state index is 13.9. The molecule has 5 rings (SSSR count). The maximum Gasteiger partial charge on any atom is 0.254 e. The standard InChI is InChI=1S/C25H19FN4O2/c26-18-7-4-6-16(12-18)23-22-13-17(15-27-19-8-5-11-21(31)14-19)25(32)28-24(22)30(29-23)20-9-2-1-3-10-20/h1-14,27,31H,15H2,(H,28,32). The van der Waals surface area contributed by atoms with Crippen LogP contribution in [0.2, 0.25) is 0 Å². The van der Waals surface area contributed by atoms with Crippen LogP contribution in [0.5, 0.6) is 5.75 Å². The van der Waals surface area contributed by atoms with Crippen molar-refractivity contribution in [3.63, 3.8) is 0 Å². The van der Waals surface area contributed by atoms with E-state index >= 15 is 0 Å². The summed E-state index contributed by atoms with van der Waals surface area (Å²) in [6.07, 6.45) is 0. The molecule has 0 aliphatic heterocycles. The van der Waals surface area contributed by atoms with E-state index < -0.39 is 0 Å². The predicted octanol–water partition coefficient (Wildman–Crippen LogP) is 4.84. The number of benzene rings is 3. The van der Waals surface area contributed by atoms with Gasteiger partial charge in [-0.15, -0.1) is 0 Å². The summed E-state index contributed by atoms with van der Waals surface area (Å²) >= 11 is 0. The minimum Gasteiger partial charge on any atom is -0.508 e. The zero-order valence-corrected chi connectivity index (χ0v) is 16.9. The normalized spacial score (nSPS) is 11.0. The van der Waals surface area contributed by atoms with Gasteiger partial charge in [0.05, 0.1) is 5.69 Å². The third kappa shape index (κ3) is 3.72. The van der Waals surface area contributed by atoms with Crippen LogP contribution >= 0.6 is 0 Å². The highest BCUT2D eigenvalue weighted by molar-refractivity contribution is 5.92. The fourth-order valence-corrected chi connectivity index (χ4v) is 3.66. The molecule has 0 aliphatic rings. The first-order chi connectivity index (χ1) is 15.6. The number of anilines is 1. The molecule has 2 aromatic heterocycles. The summed E-state index contributed by atoms with van der Waals surface area (Å²) in [4.78, 5) is 15.8. The molecule has 5 aromatic rings. The van der Waals surface area contributed by atoms with E-state index in [0.29, 0.717) is 33.5 Å². The van der Waals surface area contributed by atoms with Crippen LogP contribution in [0.15, 0.2) is 89.7 Å². The molecule has 3 aromatic carbocycles. The van der Waals surface area contributed by atoms with Gasteiger partial charge in [-0.1, -0.05) is 36.4 Å². The Morgan fingerprint density at radius 2 is 1.78 bits per heavy atom. The third-order valence-electron chi connectivity index (χ3n) is 5.19. The molecule has 7 heteroatoms. The Hall–Kier alpha value is -4.39. The monoisotopic (exact) mass is 426 g/mol. The van der Waals surface area contributed by atoms with Crippen LogP contribution in [0.4, 0.5) is 10.1 Å². The van der Waals surface area contributed by atoms with Crippen LogP contribution < -0.4 is 10.9 Å². The van der Waals surface area contributed by atoms with E-state index in [0.717, 1.165) is 5.69 Å². The lowest BCUT2D eigenvalue weighted by Crippen LogP contribution is -2.16. The topological polar surface area (TPSA) is 82.9 Å². The van der Waals surface area contributed by atoms with Crippen molar-refractivity contribution in [1.82, 2.24) is 14.8 Å². The van der Waals surface area contributed by atoms with Gasteiger partial charge in [-0.05, 0) is 42.5 Å². The molecule has 2 heterocycles. The van der Waals surface area contributed by atoms with Crippen molar-refractivity contribution in [2.24, 2.45) is 0 Å². The van der Waals surface area contributed by atoms with Gasteiger partial charge >= 0.3 is 0 Å². The number of H-pyrrole nitrogens is 1. The van der Waals surface area contributed by atoms with Crippen molar-refractivity contribution in [3.05, 3.63) is 107 Å². The van der Waals surface area contributed by atoms with E-state index in [2.05, 4.69) is 10.3 Å². The molecule has 158 valence electrons. The molecule has 0 radical (unpaired) electrons. The fraction of sp³-hybridized carbons (Fsp3) is 0.0400. The van der Waals surface area contributed by atoms with Crippen LogP contribution in [0.3, 0.4) is 0 Å². The zero-order chi connectivity index (χ0) is 22.1. The Balaban J connectivity index is 1.64. The Morgan fingerprint density at radius 1 is 0.969 bits per heavy atom. The molecule has 3 N–H and O–H groups in total. The van der Waals surface area contributed by atoms with Gasteiger partial charge < -0.3 is 15.4 Å². The number of halogens is 1. The highest BCUT2D eigenvalue weighted by Gasteiger charge is 2.17. The SMILES string of the molecule is O=c1[nH]c2c(cc1CNc1cccc(O)c1)c(-c1cccc(F)c1)nn2-c1ccccc1. The summed E-state index contributed by atoms with van der Waals surface area (Å²) in [6.45, 7) is 0.244. The Labute approximate surface area is 182 Å². The van der Waals surface area contributed by atoms with E-state index in [1.54, 1.807) is 47.1 Å². The molecule has 0 saturated carbocycles. The smallest absolute Gasteiger partial charge is 0.254 e. The van der Waals surface area contributed by atoms with Crippen LogP contribution in [-0.2, 0) is 6.54 Å². The maximum absolute atomic E-state index is 13.9. The number of aromatic nitrogens is 3. The molecule has 32 heavy (non-hydrogen) atoms. The minimum absolute atomic E-state index is 0.136. The Morgan fingerprint density at radius 3 is 2.56 bits per heavy atom. The number of hydrogen-bond acceptors (Lipinski definition) is 4. The molecule has 6 nitrogen and oxygen atoms in total. The lowest BCUT2D eigenvalue weighted by molar-refractivity contribution is 0.475. The number of pyridine rings is 1. The van der Waals surface area contributed by atoms with Gasteiger partial charge in [0.15, 0.2) is 0 Å². The largest absolute Gasteiger partial charge is 0.508 e. The average molecular weight is 426 g/mol. The molecular formula is C25H19FN4O2. The first-order valence-electron chi connectivity index (χ1n) is 10.1. The number of aromatic amines is 1. The van der Waals surface area contributed by atoms with Gasteiger partial charge in [0.2, 0.25) is 0 Å². The van der Waals surface area contributed by atoms with Gasteiger partial charge in [-0.3, -0.25) is 4.79 Å². The first kappa shape index (κ1) is 19.6. The van der Waals surface area contributed by atoms with Crippen molar-refractivity contribution in [2.45, 2.75) is 6.54 Å². The Kier molecular flexibility index (Phi) is 4.91. The van der Waals surface area contributed by atoms with Crippen molar-refractivity contribution in [1.29, 1.82) is 0 Å². The number of aromatic hydroxyl groups is 1. The summed E-state index contributed by atoms with van der Waals surface area (Å²) < 4.78 is 15.6. The number of phenolic OH excluding ortho intramolecular Hbond substituents is 1. The number of hydrogen-bond donors (Lipinski definition) is 3. The molecule has 0 unspecified atom stereocenters. The Bertz CT molecular complexity index is 1470. The lowest BCUT2D eigenvalue weighted by Gasteiger charge is -2.07. The predicted molar refractivity (Wildman–Crippen MR) is 123 cm³/mol. The second-order valence-electron chi connectivity index (χ2n) is 7.40. The quantitative estimate of drug-likeness (QED) is 0.376. The molecule has 0 aliphatic carbocycles. The number of nitrogens with one attached hydrogen (secondary N) is 2. The van der Waals surface area contributed by atoms with Gasteiger partial charge in [0.1, 0.15) is 22.9 Å². The van der Waals surface area contributed by atoms with Crippen LogP contribution in [0.25, 0.3) is 28.0 Å². The molecular weight excluding hydrogens is 407 g/mol. The van der Waals surface area contributed by atoms with E-state index in [9.17, 15) is 14.3 Å². The van der Waals surface area contributed by atoms with Gasteiger partial charge in [-0.25, -0.2) is 9.07 Å². The van der Waals surface area contributed by atoms with Crippen molar-refractivity contribution in [2.75, 3.05) is 5.32 Å². The van der Waals surface area contributed by atoms with Crippen LogP contribution in [0.1, 0.15) is 5.56 Å². The number of para-hydroxylation sites is 1. The molecule has 0 saturated heterocycles. The minimum atomic E-state index is -0.361. The lowest BCUT2D eigenvalue weighted by atomic mass is 10.1. The van der Waals surface area contributed by atoms with Crippen LogP contribution in [0, 0.1) is 5.82 Å². The summed E-state index contributed by atoms with van der Waals surface area (Å²) in [5, 5.41) is 18.2. The highest BCUT2D eigenvalue weighted by Crippen LogP contribution is 2.29. The van der Waals surface area contributed by atoms with Crippen LogP contribution in [-0.4, -0.2) is 19.9 Å². The summed E-state index contributed by atoms with van der Waals surface area (Å²) in [5.74, 6) is -0.225. The third-order valence-corrected chi connectivity index (χ3v) is 5.19. The molecule has 0 atom stereocenters. The van der Waals surface area contributed by atoms with Crippen molar-refractivity contribution < 1.29 is 9.50 Å². The first-order valence-corrected chi connectivity index (χ1v) is 10.1. The summed E-state index contributed by atoms with van der Waals surface area (Å²) in [5.41, 5.74) is 3.42. The van der Waals surface area contributed by atoms with Crippen molar-refractivity contribution >= 4 is 16.7 Å². The van der Waals surface area contributed by atoms with Gasteiger partial charge in [-0.2, -0.15) is 5.10 Å². The molecule has 0 bridgehead atoms. The summed E-state index contributed by atoms with van der Waals surface area (Å²) in [6, 6.07) is 24.1. The summed E-state index contributed by atoms with van der Waals surface area (Å²) in [7, 11) is 0. The number of rotatable bonds is 5. The number of phenols is 1. The van der Waals surface area contributed by atoms with E-state index in [-0.39, 0.29) is 23.7 Å². The van der Waals surface area contributed by atoms with E-state index in [1.807, 2.05) is 30.3 Å². The zero-order valence-electron chi connectivity index (χ0n) is 16.9. The number of fused-ring (bicyclic) bond motifs is 1. The van der Waals surface area contributed by atoms with Crippen molar-refractivity contribution in [3.8, 4) is 22.7 Å². The molecule has 0 amide bonds. The fourth-order valence-electron chi connectivity index (χ4n) is 3.66. The molecule has 0 spiro atoms. The van der Waals surface area contributed by atoms with Gasteiger partial charge in [0, 0.05) is 34.8 Å². The second kappa shape index (κ2) is 8.03. The number of nitrogens with zero attached hydrogens (tertiary/aromatic N) is 2.